The molecule has 1 aromatic heterocycles. The van der Waals surface area contributed by atoms with Crippen LogP contribution in [0.25, 0.3) is 22.3 Å². The number of carbonyl (C=O) groups excluding carboxylic acids is 1. The van der Waals surface area contributed by atoms with E-state index in [0.717, 1.165) is 41.2 Å². The van der Waals surface area contributed by atoms with Crippen LogP contribution in [-0.2, 0) is 16.0 Å². The van der Waals surface area contributed by atoms with Crippen molar-refractivity contribution in [2.45, 2.75) is 51.2 Å². The molecule has 3 heterocycles. The fourth-order valence-electron chi connectivity index (χ4n) is 6.40. The van der Waals surface area contributed by atoms with Crippen LogP contribution < -0.4 is 4.90 Å². The van der Waals surface area contributed by atoms with E-state index in [0.29, 0.717) is 61.2 Å². The molecule has 1 atom stereocenters. The Morgan fingerprint density at radius 2 is 1.63 bits per heavy atom. The molecule has 9 heteroatoms. The maximum Gasteiger partial charge on any atom is 0.303 e. The van der Waals surface area contributed by atoms with E-state index in [9.17, 15) is 14.7 Å². The molecule has 8 nitrogen and oxygen atoms in total. The molecule has 0 bridgehead atoms. The molecule has 0 saturated carbocycles. The number of aliphatic carboxylic acids is 1. The fourth-order valence-corrected chi connectivity index (χ4v) is 6.52. The first kappa shape index (κ1) is 29.2. The van der Waals surface area contributed by atoms with Crippen LogP contribution in [-0.4, -0.2) is 56.6 Å². The summed E-state index contributed by atoms with van der Waals surface area (Å²) in [5, 5.41) is 21.1. The normalized spacial score (nSPS) is 17.5. The second-order valence-electron chi connectivity index (χ2n) is 11.6. The van der Waals surface area contributed by atoms with Crippen LogP contribution in [0.3, 0.4) is 0 Å². The molecule has 1 unspecified atom stereocenters. The topological polar surface area (TPSA) is 107 Å². The third-order valence-electron chi connectivity index (χ3n) is 8.91. The Kier molecular flexibility index (Phi) is 8.43. The Morgan fingerprint density at radius 3 is 2.35 bits per heavy atom. The number of aromatic nitrogens is 2. The zero-order chi connectivity index (χ0) is 30.0. The van der Waals surface area contributed by atoms with Crippen molar-refractivity contribution in [3.05, 3.63) is 89.1 Å². The summed E-state index contributed by atoms with van der Waals surface area (Å²) in [6.45, 7) is 1.98. The number of aryl methyl sites for hydroxylation is 1. The zero-order valence-corrected chi connectivity index (χ0v) is 24.7. The van der Waals surface area contributed by atoms with Crippen molar-refractivity contribution in [2.24, 2.45) is 5.41 Å². The van der Waals surface area contributed by atoms with E-state index in [1.165, 1.54) is 0 Å². The molecule has 4 aromatic rings. The number of carbonyl (C=O) groups is 2. The molecular weight excluding hydrogens is 564 g/mol. The lowest BCUT2D eigenvalue weighted by atomic mass is 9.77. The van der Waals surface area contributed by atoms with Crippen molar-refractivity contribution in [2.75, 3.05) is 24.5 Å². The lowest BCUT2D eigenvalue weighted by molar-refractivity contribution is -0.137. The highest BCUT2D eigenvalue weighted by molar-refractivity contribution is 6.30. The van der Waals surface area contributed by atoms with Gasteiger partial charge in [-0.3, -0.25) is 14.5 Å². The number of anilines is 1. The van der Waals surface area contributed by atoms with Crippen LogP contribution in [0, 0.1) is 5.41 Å². The Balaban J connectivity index is 1.19. The summed E-state index contributed by atoms with van der Waals surface area (Å²) in [6, 6.07) is 23.0. The summed E-state index contributed by atoms with van der Waals surface area (Å²) in [5.41, 5.74) is 5.14. The molecule has 0 aliphatic carbocycles. The van der Waals surface area contributed by atoms with Gasteiger partial charge in [0.15, 0.2) is 0 Å². The molecule has 1 spiro atoms. The molecule has 3 aromatic carbocycles. The summed E-state index contributed by atoms with van der Waals surface area (Å²) in [5.74, 6) is -0.614. The summed E-state index contributed by atoms with van der Waals surface area (Å²) in [6.07, 6.45) is 3.36. The van der Waals surface area contributed by atoms with Crippen molar-refractivity contribution in [1.82, 2.24) is 14.9 Å². The number of aliphatic hydroxyl groups excluding tert-OH is 1. The van der Waals surface area contributed by atoms with Crippen molar-refractivity contribution in [1.29, 1.82) is 0 Å². The predicted molar refractivity (Wildman–Crippen MR) is 167 cm³/mol. The Morgan fingerprint density at radius 1 is 0.907 bits per heavy atom. The predicted octanol–water partition coefficient (Wildman–Crippen LogP) is 6.26. The molecule has 2 aliphatic rings. The van der Waals surface area contributed by atoms with Crippen LogP contribution in [0.1, 0.15) is 56.0 Å². The van der Waals surface area contributed by atoms with Gasteiger partial charge in [-0.1, -0.05) is 48.0 Å². The van der Waals surface area contributed by atoms with Crippen molar-refractivity contribution >= 4 is 40.2 Å². The standard InChI is InChI=1S/C34H35ClN4O4/c35-25-13-10-23(11-14-25)31-28(8-4-5-9-30(40)41)36-29-22-24(12-15-27(29)37-31)32(42)38-19-16-34(17-20-38)18-21-39(33(34)43)26-6-2-1-3-7-26/h1-3,6-7,10-15,22,32,42H,4-5,8-9,16-21H2,(H,40,41). The Bertz CT molecular complexity index is 1620. The first-order valence-electron chi connectivity index (χ1n) is 14.9. The average molecular weight is 599 g/mol. The molecule has 6 rings (SSSR count). The molecule has 43 heavy (non-hydrogen) atoms. The molecule has 222 valence electrons. The minimum absolute atomic E-state index is 0.112. The van der Waals surface area contributed by atoms with Crippen LogP contribution in [0.15, 0.2) is 72.8 Å². The number of hydrogen-bond acceptors (Lipinski definition) is 6. The number of piperidine rings is 1. The molecule has 2 saturated heterocycles. The van der Waals surface area contributed by atoms with E-state index >= 15 is 0 Å². The van der Waals surface area contributed by atoms with Gasteiger partial charge in [0.1, 0.15) is 6.23 Å². The number of halogens is 1. The van der Waals surface area contributed by atoms with Gasteiger partial charge in [0.2, 0.25) is 5.91 Å². The van der Waals surface area contributed by atoms with Crippen molar-refractivity contribution < 1.29 is 19.8 Å². The minimum atomic E-state index is -0.819. The first-order chi connectivity index (χ1) is 20.8. The summed E-state index contributed by atoms with van der Waals surface area (Å²) >= 11 is 6.11. The molecular formula is C34H35ClN4O4. The van der Waals surface area contributed by atoms with Gasteiger partial charge in [-0.2, -0.15) is 0 Å². The molecule has 2 fully saturated rings. The third-order valence-corrected chi connectivity index (χ3v) is 9.16. The van der Waals surface area contributed by atoms with Gasteiger partial charge in [0, 0.05) is 42.3 Å². The van der Waals surface area contributed by atoms with E-state index < -0.39 is 12.2 Å². The monoisotopic (exact) mass is 598 g/mol. The van der Waals surface area contributed by atoms with E-state index in [1.54, 1.807) is 0 Å². The van der Waals surface area contributed by atoms with Gasteiger partial charge in [0.05, 0.1) is 27.8 Å². The first-order valence-corrected chi connectivity index (χ1v) is 15.3. The summed E-state index contributed by atoms with van der Waals surface area (Å²) in [7, 11) is 0. The van der Waals surface area contributed by atoms with Crippen LogP contribution >= 0.6 is 11.6 Å². The van der Waals surface area contributed by atoms with E-state index in [4.69, 9.17) is 26.7 Å². The highest BCUT2D eigenvalue weighted by Gasteiger charge is 2.49. The second kappa shape index (κ2) is 12.4. The van der Waals surface area contributed by atoms with Gasteiger partial charge in [-0.15, -0.1) is 0 Å². The average Bonchev–Trinajstić information content (AvgIpc) is 3.34. The van der Waals surface area contributed by atoms with Gasteiger partial charge >= 0.3 is 5.97 Å². The smallest absolute Gasteiger partial charge is 0.303 e. The molecule has 2 N–H and O–H groups in total. The third kappa shape index (κ3) is 6.13. The van der Waals surface area contributed by atoms with Gasteiger partial charge in [-0.25, -0.2) is 9.97 Å². The number of nitrogens with zero attached hydrogens (tertiary/aromatic N) is 4. The molecule has 1 amide bonds. The van der Waals surface area contributed by atoms with Crippen LogP contribution in [0.2, 0.25) is 5.02 Å². The molecule has 0 radical (unpaired) electrons. The van der Waals surface area contributed by atoms with Gasteiger partial charge < -0.3 is 15.1 Å². The van der Waals surface area contributed by atoms with E-state index in [1.807, 2.05) is 82.6 Å². The van der Waals surface area contributed by atoms with Crippen LogP contribution in [0.4, 0.5) is 5.69 Å². The van der Waals surface area contributed by atoms with Crippen molar-refractivity contribution in [3.63, 3.8) is 0 Å². The van der Waals surface area contributed by atoms with Crippen LogP contribution in [0.5, 0.6) is 0 Å². The largest absolute Gasteiger partial charge is 0.481 e. The minimum Gasteiger partial charge on any atom is -0.481 e. The van der Waals surface area contributed by atoms with Gasteiger partial charge in [0.25, 0.3) is 0 Å². The number of aliphatic hydroxyl groups is 1. The SMILES string of the molecule is O=C(O)CCCCc1nc2cc(C(O)N3CCC4(CCN(c5ccccc5)C4=O)CC3)ccc2nc1-c1ccc(Cl)cc1. The number of para-hydroxylation sites is 1. The van der Waals surface area contributed by atoms with Gasteiger partial charge in [-0.05, 0) is 80.5 Å². The quantitative estimate of drug-likeness (QED) is 0.219. The fraction of sp³-hybridized carbons (Fsp3) is 0.353. The summed E-state index contributed by atoms with van der Waals surface area (Å²) in [4.78, 5) is 38.3. The highest BCUT2D eigenvalue weighted by Crippen LogP contribution is 2.44. The number of carboxylic acids is 1. The number of benzene rings is 3. The van der Waals surface area contributed by atoms with E-state index in [-0.39, 0.29) is 17.7 Å². The maximum atomic E-state index is 13.5. The number of hydrogen-bond donors (Lipinski definition) is 2. The highest BCUT2D eigenvalue weighted by atomic mass is 35.5. The number of unbranched alkanes of at least 4 members (excludes halogenated alkanes) is 1. The number of amides is 1. The van der Waals surface area contributed by atoms with Crippen molar-refractivity contribution in [3.8, 4) is 11.3 Å². The Hall–Kier alpha value is -3.85. The lowest BCUT2D eigenvalue weighted by Gasteiger charge is -2.40. The second-order valence-corrected chi connectivity index (χ2v) is 12.0. The maximum absolute atomic E-state index is 13.5. The Labute approximate surface area is 255 Å². The number of rotatable bonds is 9. The zero-order valence-electron chi connectivity index (χ0n) is 24.0. The number of fused-ring (bicyclic) bond motifs is 1. The summed E-state index contributed by atoms with van der Waals surface area (Å²) < 4.78 is 0. The number of carboxylic acid groups (broad SMARTS) is 1. The van der Waals surface area contributed by atoms with E-state index in [2.05, 4.69) is 0 Å². The number of likely N-dealkylation sites (tertiary alicyclic amines) is 1. The molecule has 2 aliphatic heterocycles. The lowest BCUT2D eigenvalue weighted by Crippen LogP contribution is -2.45.